The van der Waals surface area contributed by atoms with Crippen molar-refractivity contribution in [2.75, 3.05) is 7.05 Å². The highest BCUT2D eigenvalue weighted by Gasteiger charge is 2.31. The van der Waals surface area contributed by atoms with Crippen LogP contribution in [0.4, 0.5) is 0 Å². The number of hydrogen-bond donors (Lipinski definition) is 0. The van der Waals surface area contributed by atoms with Gasteiger partial charge in [0.15, 0.2) is 0 Å². The standard InChI is InChI=1S/C15H23NO2S/c1-12-8-10-14(11-9-12)16(3)19(17,18)15-7-5-4-6-13(15)2/h4-7,12,14H,8-11H2,1-3H3. The van der Waals surface area contributed by atoms with Gasteiger partial charge in [-0.05, 0) is 50.2 Å². The minimum Gasteiger partial charge on any atom is -0.207 e. The molecule has 0 atom stereocenters. The lowest BCUT2D eigenvalue weighted by atomic mass is 9.87. The van der Waals surface area contributed by atoms with Gasteiger partial charge in [0.05, 0.1) is 4.90 Å². The van der Waals surface area contributed by atoms with Crippen LogP contribution in [0.3, 0.4) is 0 Å². The molecule has 1 fully saturated rings. The van der Waals surface area contributed by atoms with Gasteiger partial charge in [0.2, 0.25) is 10.0 Å². The van der Waals surface area contributed by atoms with E-state index in [-0.39, 0.29) is 6.04 Å². The van der Waals surface area contributed by atoms with E-state index in [0.29, 0.717) is 4.90 Å². The minimum atomic E-state index is -3.35. The fourth-order valence-electron chi connectivity index (χ4n) is 2.80. The molecule has 1 aliphatic rings. The second kappa shape index (κ2) is 5.63. The fourth-order valence-corrected chi connectivity index (χ4v) is 4.44. The maximum Gasteiger partial charge on any atom is 0.243 e. The molecule has 1 saturated carbocycles. The summed E-state index contributed by atoms with van der Waals surface area (Å²) in [6.07, 6.45) is 4.20. The van der Waals surface area contributed by atoms with Crippen molar-refractivity contribution in [1.82, 2.24) is 4.31 Å². The lowest BCUT2D eigenvalue weighted by molar-refractivity contribution is 0.246. The Morgan fingerprint density at radius 3 is 2.26 bits per heavy atom. The maximum absolute atomic E-state index is 12.7. The van der Waals surface area contributed by atoms with Gasteiger partial charge in [0.25, 0.3) is 0 Å². The SMILES string of the molecule is Cc1ccccc1S(=O)(=O)N(C)C1CCC(C)CC1. The Labute approximate surface area is 116 Å². The molecule has 0 bridgehead atoms. The summed E-state index contributed by atoms with van der Waals surface area (Å²) in [5.41, 5.74) is 0.818. The molecule has 1 aromatic rings. The van der Waals surface area contributed by atoms with E-state index >= 15 is 0 Å². The molecule has 0 N–H and O–H groups in total. The Morgan fingerprint density at radius 2 is 1.68 bits per heavy atom. The van der Waals surface area contributed by atoms with Crippen LogP contribution < -0.4 is 0 Å². The molecule has 106 valence electrons. The van der Waals surface area contributed by atoms with E-state index in [2.05, 4.69) is 6.92 Å². The van der Waals surface area contributed by atoms with Crippen molar-refractivity contribution in [3.8, 4) is 0 Å². The van der Waals surface area contributed by atoms with Gasteiger partial charge < -0.3 is 0 Å². The number of sulfonamides is 1. The van der Waals surface area contributed by atoms with Crippen molar-refractivity contribution in [3.63, 3.8) is 0 Å². The van der Waals surface area contributed by atoms with Crippen molar-refractivity contribution >= 4 is 10.0 Å². The van der Waals surface area contributed by atoms with E-state index in [1.165, 1.54) is 0 Å². The molecule has 0 aromatic heterocycles. The minimum absolute atomic E-state index is 0.154. The average Bonchev–Trinajstić information content (AvgIpc) is 2.39. The summed E-state index contributed by atoms with van der Waals surface area (Å²) in [5, 5.41) is 0. The summed E-state index contributed by atoms with van der Waals surface area (Å²) in [6.45, 7) is 4.09. The third kappa shape index (κ3) is 3.00. The van der Waals surface area contributed by atoms with Crippen molar-refractivity contribution < 1.29 is 8.42 Å². The van der Waals surface area contributed by atoms with Gasteiger partial charge in [-0.25, -0.2) is 8.42 Å². The molecule has 0 heterocycles. The first-order chi connectivity index (χ1) is 8.93. The molecule has 19 heavy (non-hydrogen) atoms. The highest BCUT2D eigenvalue weighted by molar-refractivity contribution is 7.89. The molecule has 0 spiro atoms. The van der Waals surface area contributed by atoms with Crippen LogP contribution in [0.25, 0.3) is 0 Å². The van der Waals surface area contributed by atoms with Gasteiger partial charge in [-0.3, -0.25) is 0 Å². The van der Waals surface area contributed by atoms with Crippen molar-refractivity contribution in [2.24, 2.45) is 5.92 Å². The monoisotopic (exact) mass is 281 g/mol. The Morgan fingerprint density at radius 1 is 1.11 bits per heavy atom. The first-order valence-electron chi connectivity index (χ1n) is 6.96. The number of hydrogen-bond acceptors (Lipinski definition) is 2. The number of aryl methyl sites for hydroxylation is 1. The molecular weight excluding hydrogens is 258 g/mol. The Kier molecular flexibility index (Phi) is 4.31. The van der Waals surface area contributed by atoms with Crippen molar-refractivity contribution in [1.29, 1.82) is 0 Å². The zero-order chi connectivity index (χ0) is 14.0. The molecular formula is C15H23NO2S. The van der Waals surface area contributed by atoms with Gasteiger partial charge in [-0.15, -0.1) is 0 Å². The predicted molar refractivity (Wildman–Crippen MR) is 77.5 cm³/mol. The molecule has 0 radical (unpaired) electrons. The molecule has 4 heteroatoms. The zero-order valence-corrected chi connectivity index (χ0v) is 12.8. The summed E-state index contributed by atoms with van der Waals surface area (Å²) < 4.78 is 26.9. The van der Waals surface area contributed by atoms with E-state index < -0.39 is 10.0 Å². The van der Waals surface area contributed by atoms with Crippen LogP contribution >= 0.6 is 0 Å². The van der Waals surface area contributed by atoms with Gasteiger partial charge >= 0.3 is 0 Å². The number of nitrogens with zero attached hydrogens (tertiary/aromatic N) is 1. The Bertz CT molecular complexity index is 531. The molecule has 2 rings (SSSR count). The summed E-state index contributed by atoms with van der Waals surface area (Å²) in [5.74, 6) is 0.728. The van der Waals surface area contributed by atoms with Crippen LogP contribution in [0.5, 0.6) is 0 Å². The summed E-state index contributed by atoms with van der Waals surface area (Å²) in [4.78, 5) is 0.441. The second-order valence-corrected chi connectivity index (χ2v) is 7.67. The average molecular weight is 281 g/mol. The van der Waals surface area contributed by atoms with Gasteiger partial charge in [-0.2, -0.15) is 4.31 Å². The van der Waals surface area contributed by atoms with Crippen LogP contribution in [-0.4, -0.2) is 25.8 Å². The predicted octanol–water partition coefficient (Wildman–Crippen LogP) is 3.19. The Hall–Kier alpha value is -0.870. The molecule has 1 aliphatic carbocycles. The van der Waals surface area contributed by atoms with E-state index in [1.54, 1.807) is 23.5 Å². The van der Waals surface area contributed by atoms with E-state index in [4.69, 9.17) is 0 Å². The molecule has 1 aromatic carbocycles. The number of benzene rings is 1. The summed E-state index contributed by atoms with van der Waals surface area (Å²) in [6, 6.07) is 7.37. The second-order valence-electron chi connectivity index (χ2n) is 5.70. The fraction of sp³-hybridized carbons (Fsp3) is 0.600. The zero-order valence-electron chi connectivity index (χ0n) is 12.0. The van der Waals surface area contributed by atoms with Crippen LogP contribution in [0, 0.1) is 12.8 Å². The van der Waals surface area contributed by atoms with Gasteiger partial charge in [0.1, 0.15) is 0 Å². The topological polar surface area (TPSA) is 37.4 Å². The van der Waals surface area contributed by atoms with Crippen LogP contribution in [0.1, 0.15) is 38.2 Å². The van der Waals surface area contributed by atoms with Crippen molar-refractivity contribution in [3.05, 3.63) is 29.8 Å². The Balaban J connectivity index is 2.23. The van der Waals surface area contributed by atoms with E-state index in [9.17, 15) is 8.42 Å². The van der Waals surface area contributed by atoms with E-state index in [0.717, 1.165) is 37.2 Å². The van der Waals surface area contributed by atoms with Crippen LogP contribution in [0.2, 0.25) is 0 Å². The first kappa shape index (κ1) is 14.5. The quantitative estimate of drug-likeness (QED) is 0.853. The molecule has 0 aliphatic heterocycles. The number of rotatable bonds is 3. The third-order valence-corrected chi connectivity index (χ3v) is 6.32. The lowest BCUT2D eigenvalue weighted by Crippen LogP contribution is -2.39. The summed E-state index contributed by atoms with van der Waals surface area (Å²) >= 11 is 0. The first-order valence-corrected chi connectivity index (χ1v) is 8.40. The van der Waals surface area contributed by atoms with Crippen molar-refractivity contribution in [2.45, 2.75) is 50.5 Å². The molecule has 3 nitrogen and oxygen atoms in total. The highest BCUT2D eigenvalue weighted by Crippen LogP contribution is 2.30. The lowest BCUT2D eigenvalue weighted by Gasteiger charge is -2.33. The highest BCUT2D eigenvalue weighted by atomic mass is 32.2. The normalized spacial score (nSPS) is 24.6. The van der Waals surface area contributed by atoms with Crippen LogP contribution in [0.15, 0.2) is 29.2 Å². The maximum atomic E-state index is 12.7. The van der Waals surface area contributed by atoms with Gasteiger partial charge in [-0.1, -0.05) is 25.1 Å². The van der Waals surface area contributed by atoms with E-state index in [1.807, 2.05) is 19.1 Å². The summed E-state index contributed by atoms with van der Waals surface area (Å²) in [7, 11) is -1.63. The molecule has 0 saturated heterocycles. The third-order valence-electron chi connectivity index (χ3n) is 4.25. The molecule has 0 unspecified atom stereocenters. The largest absolute Gasteiger partial charge is 0.243 e. The van der Waals surface area contributed by atoms with Crippen LogP contribution in [-0.2, 0) is 10.0 Å². The molecule has 0 amide bonds. The smallest absolute Gasteiger partial charge is 0.207 e. The van der Waals surface area contributed by atoms with Gasteiger partial charge in [0, 0.05) is 13.1 Å².